The molecule has 0 saturated heterocycles. The summed E-state index contributed by atoms with van der Waals surface area (Å²) >= 11 is 0. The lowest BCUT2D eigenvalue weighted by molar-refractivity contribution is 0.0698. The lowest BCUT2D eigenvalue weighted by Crippen LogP contribution is -2.17. The maximum atomic E-state index is 11.6. The lowest BCUT2D eigenvalue weighted by atomic mass is 10.0. The molecule has 3 aromatic rings. The summed E-state index contributed by atoms with van der Waals surface area (Å²) in [6, 6.07) is 18.0. The predicted molar refractivity (Wildman–Crippen MR) is 92.0 cm³/mol. The van der Waals surface area contributed by atoms with Crippen LogP contribution in [0, 0.1) is 0 Å². The molecule has 0 fully saturated rings. The smallest absolute Gasteiger partial charge is 0.337 e. The molecule has 1 heterocycles. The molecule has 2 aromatic carbocycles. The van der Waals surface area contributed by atoms with Crippen LogP contribution in [0.3, 0.4) is 0 Å². The van der Waals surface area contributed by atoms with Crippen molar-refractivity contribution in [3.63, 3.8) is 0 Å². The Kier molecular flexibility index (Phi) is 4.44. The number of aromatic nitrogens is 1. The van der Waals surface area contributed by atoms with E-state index in [-0.39, 0.29) is 6.04 Å². The fourth-order valence-electron chi connectivity index (χ4n) is 3.06. The zero-order valence-electron chi connectivity index (χ0n) is 13.1. The molecule has 1 unspecified atom stereocenters. The van der Waals surface area contributed by atoms with E-state index in [0.717, 1.165) is 23.9 Å². The minimum absolute atomic E-state index is 0.0987. The average molecular weight is 308 g/mol. The van der Waals surface area contributed by atoms with Gasteiger partial charge in [0.2, 0.25) is 0 Å². The molecule has 23 heavy (non-hydrogen) atoms. The Morgan fingerprint density at radius 2 is 1.83 bits per heavy atom. The second-order valence-electron chi connectivity index (χ2n) is 5.59. The highest BCUT2D eigenvalue weighted by Crippen LogP contribution is 2.30. The fourth-order valence-corrected chi connectivity index (χ4v) is 3.06. The zero-order valence-corrected chi connectivity index (χ0v) is 13.1. The number of benzene rings is 2. The van der Waals surface area contributed by atoms with E-state index in [1.54, 1.807) is 6.20 Å². The number of aromatic carboxylic acids is 1. The molecule has 2 N–H and O–H groups in total. The van der Waals surface area contributed by atoms with Gasteiger partial charge in [-0.2, -0.15) is 0 Å². The van der Waals surface area contributed by atoms with E-state index in [1.807, 2.05) is 49.5 Å². The molecule has 0 aliphatic rings. The first kappa shape index (κ1) is 15.3. The normalized spacial score (nSPS) is 12.4. The van der Waals surface area contributed by atoms with E-state index >= 15 is 0 Å². The van der Waals surface area contributed by atoms with Gasteiger partial charge in [0.25, 0.3) is 0 Å². The van der Waals surface area contributed by atoms with E-state index in [0.29, 0.717) is 5.56 Å². The second-order valence-corrected chi connectivity index (χ2v) is 5.59. The molecule has 118 valence electrons. The van der Waals surface area contributed by atoms with Crippen LogP contribution in [-0.2, 0) is 0 Å². The summed E-state index contributed by atoms with van der Waals surface area (Å²) in [6.45, 7) is 0.856. The molecular formula is C19H20N2O2. The van der Waals surface area contributed by atoms with Crippen molar-refractivity contribution >= 4 is 16.9 Å². The molecule has 0 aliphatic heterocycles. The van der Waals surface area contributed by atoms with E-state index in [9.17, 15) is 9.90 Å². The fraction of sp³-hybridized carbons (Fsp3) is 0.211. The summed E-state index contributed by atoms with van der Waals surface area (Å²) in [5.41, 5.74) is 2.49. The van der Waals surface area contributed by atoms with Gasteiger partial charge in [-0.3, -0.25) is 0 Å². The van der Waals surface area contributed by atoms with Crippen LogP contribution >= 0.6 is 0 Å². The third-order valence-corrected chi connectivity index (χ3v) is 4.16. The molecule has 0 amide bonds. The molecule has 4 nitrogen and oxygen atoms in total. The molecule has 0 radical (unpaired) electrons. The first-order valence-corrected chi connectivity index (χ1v) is 7.74. The molecular weight excluding hydrogens is 288 g/mol. The van der Waals surface area contributed by atoms with E-state index in [1.165, 1.54) is 5.56 Å². The van der Waals surface area contributed by atoms with Gasteiger partial charge in [-0.25, -0.2) is 4.79 Å². The highest BCUT2D eigenvalue weighted by Gasteiger charge is 2.20. The lowest BCUT2D eigenvalue weighted by Gasteiger charge is -2.21. The van der Waals surface area contributed by atoms with Gasteiger partial charge in [0.15, 0.2) is 0 Å². The van der Waals surface area contributed by atoms with Crippen LogP contribution in [-0.4, -0.2) is 29.2 Å². The maximum Gasteiger partial charge on any atom is 0.337 e. The van der Waals surface area contributed by atoms with Crippen molar-refractivity contribution in [1.29, 1.82) is 0 Å². The molecule has 0 spiro atoms. The number of carbonyl (C=O) groups is 1. The Morgan fingerprint density at radius 3 is 2.52 bits per heavy atom. The Morgan fingerprint density at radius 1 is 1.13 bits per heavy atom. The van der Waals surface area contributed by atoms with E-state index < -0.39 is 5.97 Å². The Bertz CT molecular complexity index is 809. The van der Waals surface area contributed by atoms with Crippen molar-refractivity contribution in [2.75, 3.05) is 13.6 Å². The Hall–Kier alpha value is -2.59. The standard InChI is InChI=1S/C19H20N2O2/c1-20-12-11-17(14-7-3-2-4-8-14)21-13-16(19(22)23)15-9-5-6-10-18(15)21/h2-10,13,17,20H,11-12H2,1H3,(H,22,23). The van der Waals surface area contributed by atoms with Gasteiger partial charge >= 0.3 is 5.97 Å². The number of nitrogens with one attached hydrogen (secondary N) is 1. The predicted octanol–water partition coefficient (Wildman–Crippen LogP) is 3.54. The van der Waals surface area contributed by atoms with Crippen LogP contribution < -0.4 is 5.32 Å². The third-order valence-electron chi connectivity index (χ3n) is 4.16. The summed E-state index contributed by atoms with van der Waals surface area (Å²) in [4.78, 5) is 11.6. The Balaban J connectivity index is 2.16. The van der Waals surface area contributed by atoms with Gasteiger partial charge in [0.1, 0.15) is 0 Å². The summed E-state index contributed by atoms with van der Waals surface area (Å²) in [7, 11) is 1.93. The first-order valence-electron chi connectivity index (χ1n) is 7.74. The van der Waals surface area contributed by atoms with Gasteiger partial charge in [0.05, 0.1) is 11.6 Å². The maximum absolute atomic E-state index is 11.6. The number of hydrogen-bond acceptors (Lipinski definition) is 2. The number of rotatable bonds is 6. The van der Waals surface area contributed by atoms with Gasteiger partial charge < -0.3 is 15.0 Å². The number of carboxylic acids is 1. The summed E-state index contributed by atoms with van der Waals surface area (Å²) in [5, 5.41) is 13.5. The molecule has 0 aliphatic carbocycles. The highest BCUT2D eigenvalue weighted by molar-refractivity contribution is 6.03. The van der Waals surface area contributed by atoms with Crippen molar-refractivity contribution in [2.24, 2.45) is 0 Å². The topological polar surface area (TPSA) is 54.3 Å². The Labute approximate surface area is 135 Å². The third kappa shape index (κ3) is 2.98. The summed E-state index contributed by atoms with van der Waals surface area (Å²) in [6.07, 6.45) is 2.65. The molecule has 1 atom stereocenters. The van der Waals surface area contributed by atoms with Crippen LogP contribution in [0.1, 0.15) is 28.4 Å². The largest absolute Gasteiger partial charge is 0.478 e. The number of carboxylic acid groups (broad SMARTS) is 1. The van der Waals surface area contributed by atoms with Crippen LogP contribution in [0.5, 0.6) is 0 Å². The first-order chi connectivity index (χ1) is 11.2. The van der Waals surface area contributed by atoms with Gasteiger partial charge in [-0.1, -0.05) is 48.5 Å². The average Bonchev–Trinajstić information content (AvgIpc) is 2.96. The summed E-state index contributed by atoms with van der Waals surface area (Å²) in [5.74, 6) is -0.889. The van der Waals surface area contributed by atoms with Crippen LogP contribution in [0.2, 0.25) is 0 Å². The number of fused-ring (bicyclic) bond motifs is 1. The minimum atomic E-state index is -0.889. The molecule has 0 bridgehead atoms. The zero-order chi connectivity index (χ0) is 16.2. The van der Waals surface area contributed by atoms with Crippen molar-refractivity contribution in [1.82, 2.24) is 9.88 Å². The van der Waals surface area contributed by atoms with Gasteiger partial charge in [0, 0.05) is 17.1 Å². The van der Waals surface area contributed by atoms with Gasteiger partial charge in [-0.15, -0.1) is 0 Å². The molecule has 4 heteroatoms. The van der Waals surface area contributed by atoms with Crippen molar-refractivity contribution in [2.45, 2.75) is 12.5 Å². The van der Waals surface area contributed by atoms with Crippen molar-refractivity contribution in [3.05, 3.63) is 71.9 Å². The van der Waals surface area contributed by atoms with Crippen molar-refractivity contribution < 1.29 is 9.90 Å². The summed E-state index contributed by atoms with van der Waals surface area (Å²) < 4.78 is 2.09. The monoisotopic (exact) mass is 308 g/mol. The quantitative estimate of drug-likeness (QED) is 0.732. The SMILES string of the molecule is CNCCC(c1ccccc1)n1cc(C(=O)O)c2ccccc21. The minimum Gasteiger partial charge on any atom is -0.478 e. The van der Waals surface area contributed by atoms with Crippen molar-refractivity contribution in [3.8, 4) is 0 Å². The second kappa shape index (κ2) is 6.67. The molecule has 3 rings (SSSR count). The van der Waals surface area contributed by atoms with Crippen LogP contribution in [0.15, 0.2) is 60.8 Å². The highest BCUT2D eigenvalue weighted by atomic mass is 16.4. The van der Waals surface area contributed by atoms with Crippen LogP contribution in [0.4, 0.5) is 0 Å². The van der Waals surface area contributed by atoms with Gasteiger partial charge in [-0.05, 0) is 31.6 Å². The molecule has 0 saturated carbocycles. The molecule has 1 aromatic heterocycles. The number of hydrogen-bond donors (Lipinski definition) is 2. The van der Waals surface area contributed by atoms with Crippen LogP contribution in [0.25, 0.3) is 10.9 Å². The van der Waals surface area contributed by atoms with E-state index in [2.05, 4.69) is 22.0 Å². The van der Waals surface area contributed by atoms with E-state index in [4.69, 9.17) is 0 Å². The number of nitrogens with zero attached hydrogens (tertiary/aromatic N) is 1. The number of para-hydroxylation sites is 1.